The van der Waals surface area contributed by atoms with Gasteiger partial charge in [-0.3, -0.25) is 4.99 Å². The van der Waals surface area contributed by atoms with Crippen LogP contribution in [0.4, 0.5) is 0 Å². The Morgan fingerprint density at radius 1 is 1.70 bits per heavy atom. The van der Waals surface area contributed by atoms with E-state index in [9.17, 15) is 0 Å². The van der Waals surface area contributed by atoms with Crippen LogP contribution in [0.1, 0.15) is 19.8 Å². The minimum absolute atomic E-state index is 1.13. The lowest BCUT2D eigenvalue weighted by molar-refractivity contribution is 1.14. The summed E-state index contributed by atoms with van der Waals surface area (Å²) in [6.45, 7) is 2.17. The highest BCUT2D eigenvalue weighted by molar-refractivity contribution is 8.14. The minimum Gasteiger partial charge on any atom is -0.281 e. The molecule has 0 spiro atoms. The van der Waals surface area contributed by atoms with Crippen molar-refractivity contribution in [3.05, 3.63) is 11.6 Å². The molecule has 2 heteroatoms. The zero-order chi connectivity index (χ0) is 7.40. The van der Waals surface area contributed by atoms with Crippen molar-refractivity contribution in [1.82, 2.24) is 0 Å². The molecule has 1 heterocycles. The van der Waals surface area contributed by atoms with E-state index < -0.39 is 0 Å². The van der Waals surface area contributed by atoms with Crippen LogP contribution < -0.4 is 0 Å². The van der Waals surface area contributed by atoms with Gasteiger partial charge in [0.2, 0.25) is 0 Å². The largest absolute Gasteiger partial charge is 0.281 e. The van der Waals surface area contributed by atoms with E-state index in [0.717, 1.165) is 6.42 Å². The Balaban J connectivity index is 2.68. The Bertz CT molecular complexity index is 170. The summed E-state index contributed by atoms with van der Waals surface area (Å²) in [4.78, 5) is 4.20. The minimum atomic E-state index is 1.13. The van der Waals surface area contributed by atoms with Crippen LogP contribution in [0.25, 0.3) is 0 Å². The fourth-order valence-electron chi connectivity index (χ4n) is 1.10. The summed E-state index contributed by atoms with van der Waals surface area (Å²) in [5.74, 6) is 1.22. The summed E-state index contributed by atoms with van der Waals surface area (Å²) >= 11 is 1.87. The van der Waals surface area contributed by atoms with Crippen LogP contribution in [0.3, 0.4) is 0 Å². The van der Waals surface area contributed by atoms with Crippen molar-refractivity contribution in [3.8, 4) is 0 Å². The van der Waals surface area contributed by atoms with Crippen molar-refractivity contribution >= 4 is 16.8 Å². The third-order valence-electron chi connectivity index (χ3n) is 1.54. The number of hydrogen-bond acceptors (Lipinski definition) is 2. The van der Waals surface area contributed by atoms with E-state index in [1.165, 1.54) is 22.8 Å². The van der Waals surface area contributed by atoms with E-state index in [2.05, 4.69) is 18.0 Å². The highest BCUT2D eigenvalue weighted by atomic mass is 32.2. The maximum absolute atomic E-state index is 4.20. The number of hydrogen-bond donors (Lipinski definition) is 0. The molecule has 0 atom stereocenters. The van der Waals surface area contributed by atoms with Gasteiger partial charge in [0, 0.05) is 12.8 Å². The number of rotatable bonds is 1. The van der Waals surface area contributed by atoms with Crippen molar-refractivity contribution in [1.29, 1.82) is 0 Å². The van der Waals surface area contributed by atoms with E-state index in [1.807, 2.05) is 18.8 Å². The Morgan fingerprint density at radius 2 is 2.50 bits per heavy atom. The molecule has 1 saturated heterocycles. The van der Waals surface area contributed by atoms with Gasteiger partial charge in [-0.2, -0.15) is 0 Å². The van der Waals surface area contributed by atoms with Crippen molar-refractivity contribution < 1.29 is 0 Å². The lowest BCUT2D eigenvalue weighted by Gasteiger charge is -1.94. The number of thioether (sulfide) groups is 1. The average molecular weight is 155 g/mol. The van der Waals surface area contributed by atoms with Crippen molar-refractivity contribution in [2.24, 2.45) is 4.99 Å². The Morgan fingerprint density at radius 3 is 3.10 bits per heavy atom. The predicted molar refractivity (Wildman–Crippen MR) is 48.8 cm³/mol. The molecule has 0 aromatic carbocycles. The van der Waals surface area contributed by atoms with Crippen LogP contribution in [0.15, 0.2) is 16.6 Å². The van der Waals surface area contributed by atoms with E-state index >= 15 is 0 Å². The molecule has 0 aromatic rings. The predicted octanol–water partition coefficient (Wildman–Crippen LogP) is 2.49. The molecule has 1 rings (SSSR count). The normalized spacial score (nSPS) is 26.6. The van der Waals surface area contributed by atoms with E-state index in [-0.39, 0.29) is 0 Å². The van der Waals surface area contributed by atoms with Gasteiger partial charge in [0.15, 0.2) is 0 Å². The molecule has 10 heavy (non-hydrogen) atoms. The second-order valence-electron chi connectivity index (χ2n) is 2.26. The number of allylic oxidation sites excluding steroid dienone is 1. The van der Waals surface area contributed by atoms with Crippen LogP contribution in [0, 0.1) is 0 Å². The second kappa shape index (κ2) is 3.81. The summed E-state index contributed by atoms with van der Waals surface area (Å²) in [5.41, 5.74) is 1.45. The third kappa shape index (κ3) is 1.63. The zero-order valence-corrected chi connectivity index (χ0v) is 7.37. The highest BCUT2D eigenvalue weighted by Gasteiger charge is 2.13. The maximum Gasteiger partial charge on any atom is 0.0930 e. The first kappa shape index (κ1) is 7.86. The molecule has 1 fully saturated rings. The van der Waals surface area contributed by atoms with Gasteiger partial charge < -0.3 is 0 Å². The molecule has 0 aromatic heterocycles. The first-order valence-electron chi connectivity index (χ1n) is 3.67. The summed E-state index contributed by atoms with van der Waals surface area (Å²) in [7, 11) is 1.87. The quantitative estimate of drug-likeness (QED) is 0.566. The Hall–Kier alpha value is -0.240. The van der Waals surface area contributed by atoms with Crippen molar-refractivity contribution in [2.45, 2.75) is 19.8 Å². The van der Waals surface area contributed by atoms with E-state index in [4.69, 9.17) is 0 Å². The third-order valence-corrected chi connectivity index (χ3v) is 2.66. The fourth-order valence-corrected chi connectivity index (χ4v) is 2.12. The molecule has 0 saturated carbocycles. The lowest BCUT2D eigenvalue weighted by atomic mass is 10.2. The van der Waals surface area contributed by atoms with Crippen LogP contribution >= 0.6 is 11.8 Å². The summed E-state index contributed by atoms with van der Waals surface area (Å²) in [6.07, 6.45) is 4.63. The first-order valence-corrected chi connectivity index (χ1v) is 4.66. The average Bonchev–Trinajstić information content (AvgIpc) is 2.36. The van der Waals surface area contributed by atoms with Gasteiger partial charge in [0.25, 0.3) is 0 Å². The topological polar surface area (TPSA) is 12.4 Å². The Labute approximate surface area is 66.6 Å². The van der Waals surface area contributed by atoms with E-state index in [0.29, 0.717) is 0 Å². The van der Waals surface area contributed by atoms with Gasteiger partial charge in [-0.25, -0.2) is 0 Å². The van der Waals surface area contributed by atoms with Crippen LogP contribution in [-0.4, -0.2) is 17.8 Å². The summed E-state index contributed by atoms with van der Waals surface area (Å²) in [6, 6.07) is 0. The monoisotopic (exact) mass is 155 g/mol. The number of nitrogens with zero attached hydrogens (tertiary/aromatic N) is 1. The Kier molecular flexibility index (Phi) is 3.00. The van der Waals surface area contributed by atoms with Crippen molar-refractivity contribution in [2.75, 3.05) is 12.8 Å². The molecule has 1 aliphatic rings. The summed E-state index contributed by atoms with van der Waals surface area (Å²) in [5, 5.41) is 1.25. The van der Waals surface area contributed by atoms with Crippen LogP contribution in [0.2, 0.25) is 0 Å². The van der Waals surface area contributed by atoms with Gasteiger partial charge in [-0.05, 0) is 18.4 Å². The number of aliphatic imine (C=N–C) groups is 1. The van der Waals surface area contributed by atoms with Gasteiger partial charge in [0.05, 0.1) is 5.04 Å². The van der Waals surface area contributed by atoms with Gasteiger partial charge in [-0.15, -0.1) is 11.8 Å². The molecule has 0 N–H and O–H groups in total. The molecule has 0 amide bonds. The molecule has 0 unspecified atom stereocenters. The molecule has 1 aliphatic heterocycles. The van der Waals surface area contributed by atoms with Gasteiger partial charge in [-0.1, -0.05) is 13.0 Å². The standard InChI is InChI=1S/C8H13NS/c1-3-4-7-5-6-10-8(7)9-2/h4H,3,5-6H2,1-2H3. The SMILES string of the molecule is CCC=C1CCSC1=NC. The first-order chi connectivity index (χ1) is 4.88. The molecule has 0 aliphatic carbocycles. The molecule has 56 valence electrons. The molecular formula is C8H13NS. The van der Waals surface area contributed by atoms with Gasteiger partial charge >= 0.3 is 0 Å². The smallest absolute Gasteiger partial charge is 0.0930 e. The van der Waals surface area contributed by atoms with Crippen molar-refractivity contribution in [3.63, 3.8) is 0 Å². The molecule has 0 bridgehead atoms. The lowest BCUT2D eigenvalue weighted by Crippen LogP contribution is -1.87. The van der Waals surface area contributed by atoms with Gasteiger partial charge in [0.1, 0.15) is 0 Å². The van der Waals surface area contributed by atoms with E-state index in [1.54, 1.807) is 0 Å². The zero-order valence-electron chi connectivity index (χ0n) is 6.55. The maximum atomic E-state index is 4.20. The molecule has 0 radical (unpaired) electrons. The molecule has 1 nitrogen and oxygen atoms in total. The van der Waals surface area contributed by atoms with Crippen LogP contribution in [-0.2, 0) is 0 Å². The summed E-state index contributed by atoms with van der Waals surface area (Å²) < 4.78 is 0. The van der Waals surface area contributed by atoms with Crippen LogP contribution in [0.5, 0.6) is 0 Å². The fraction of sp³-hybridized carbons (Fsp3) is 0.625. The second-order valence-corrected chi connectivity index (χ2v) is 3.35. The highest BCUT2D eigenvalue weighted by Crippen LogP contribution is 2.26. The molecular weight excluding hydrogens is 142 g/mol.